The minimum Gasteiger partial charge on any atom is -0.322 e. The minimum absolute atomic E-state index is 0.617. The Morgan fingerprint density at radius 2 is 2.00 bits per heavy atom. The van der Waals surface area contributed by atoms with Gasteiger partial charge in [0, 0.05) is 0 Å². The van der Waals surface area contributed by atoms with Crippen molar-refractivity contribution in [3.8, 4) is 0 Å². The van der Waals surface area contributed by atoms with Gasteiger partial charge in [-0.1, -0.05) is 42.7 Å². The molecule has 1 aromatic carbocycles. The number of alkyl halides is 1. The van der Waals surface area contributed by atoms with Crippen LogP contribution in [-0.2, 0) is 0 Å². The van der Waals surface area contributed by atoms with Crippen LogP contribution in [0.2, 0.25) is 0 Å². The van der Waals surface area contributed by atoms with Gasteiger partial charge in [0.15, 0.2) is 0 Å². The molecule has 82 valence electrons. The van der Waals surface area contributed by atoms with Gasteiger partial charge < -0.3 is 5.73 Å². The zero-order valence-corrected chi connectivity index (χ0v) is 9.17. The van der Waals surface area contributed by atoms with Crippen LogP contribution in [0.4, 0.5) is 4.39 Å². The predicted octanol–water partition coefficient (Wildman–Crippen LogP) is 3.28. The van der Waals surface area contributed by atoms with Crippen LogP contribution in [-0.4, -0.2) is 5.54 Å². The van der Waals surface area contributed by atoms with E-state index in [0.29, 0.717) is 0 Å². The van der Waals surface area contributed by atoms with Gasteiger partial charge in [0.05, 0.1) is 5.54 Å². The van der Waals surface area contributed by atoms with E-state index in [4.69, 9.17) is 5.73 Å². The van der Waals surface area contributed by atoms with Crippen molar-refractivity contribution in [2.24, 2.45) is 5.73 Å². The number of rotatable bonds is 2. The highest BCUT2D eigenvalue weighted by molar-refractivity contribution is 5.27. The minimum atomic E-state index is -1.01. The summed E-state index contributed by atoms with van der Waals surface area (Å²) in [4.78, 5) is 0. The van der Waals surface area contributed by atoms with Crippen molar-refractivity contribution in [1.29, 1.82) is 0 Å². The number of halogens is 1. The molecule has 0 aromatic heterocycles. The van der Waals surface area contributed by atoms with Gasteiger partial charge in [-0.25, -0.2) is 4.39 Å². The number of benzene rings is 1. The van der Waals surface area contributed by atoms with Crippen LogP contribution in [0.15, 0.2) is 24.3 Å². The van der Waals surface area contributed by atoms with Crippen molar-refractivity contribution < 1.29 is 4.39 Å². The number of aryl methyl sites for hydroxylation is 1. The van der Waals surface area contributed by atoms with Gasteiger partial charge in [-0.2, -0.15) is 0 Å². The van der Waals surface area contributed by atoms with Crippen molar-refractivity contribution in [3.05, 3.63) is 35.4 Å². The van der Waals surface area contributed by atoms with Crippen molar-refractivity contribution in [2.45, 2.75) is 44.3 Å². The highest BCUT2D eigenvalue weighted by atomic mass is 19.1. The second-order valence-electron chi connectivity index (χ2n) is 4.72. The molecule has 0 bridgehead atoms. The first-order valence-corrected chi connectivity index (χ1v) is 5.61. The molecular weight excluding hydrogens is 189 g/mol. The maximum atomic E-state index is 14.3. The van der Waals surface area contributed by atoms with Crippen LogP contribution in [0, 0.1) is 6.92 Å². The molecule has 1 atom stereocenters. The van der Waals surface area contributed by atoms with Crippen LogP contribution in [0.5, 0.6) is 0 Å². The summed E-state index contributed by atoms with van der Waals surface area (Å²) in [6, 6.07) is 7.62. The van der Waals surface area contributed by atoms with Crippen molar-refractivity contribution in [3.63, 3.8) is 0 Å². The molecule has 1 fully saturated rings. The molecule has 1 nitrogen and oxygen atoms in total. The maximum Gasteiger partial charge on any atom is 0.143 e. The number of hydrogen-bond donors (Lipinski definition) is 1. The molecule has 15 heavy (non-hydrogen) atoms. The van der Waals surface area contributed by atoms with Crippen molar-refractivity contribution >= 4 is 0 Å². The van der Waals surface area contributed by atoms with E-state index in [2.05, 4.69) is 0 Å². The Balaban J connectivity index is 2.23. The molecular formula is C13H18FN. The second-order valence-corrected chi connectivity index (χ2v) is 4.72. The Morgan fingerprint density at radius 1 is 1.33 bits per heavy atom. The van der Waals surface area contributed by atoms with E-state index < -0.39 is 11.7 Å². The van der Waals surface area contributed by atoms with E-state index in [1.165, 1.54) is 0 Å². The van der Waals surface area contributed by atoms with E-state index in [1.54, 1.807) is 0 Å². The third kappa shape index (κ3) is 2.05. The van der Waals surface area contributed by atoms with Gasteiger partial charge in [-0.3, -0.25) is 0 Å². The van der Waals surface area contributed by atoms with Crippen LogP contribution >= 0.6 is 0 Å². The smallest absolute Gasteiger partial charge is 0.143 e. The zero-order valence-electron chi connectivity index (χ0n) is 9.17. The molecule has 2 heteroatoms. The van der Waals surface area contributed by atoms with Crippen LogP contribution in [0.1, 0.15) is 43.0 Å². The molecule has 2 rings (SSSR count). The monoisotopic (exact) mass is 207 g/mol. The molecule has 0 aliphatic heterocycles. The lowest BCUT2D eigenvalue weighted by Gasteiger charge is -2.28. The lowest BCUT2D eigenvalue weighted by atomic mass is 9.88. The summed E-state index contributed by atoms with van der Waals surface area (Å²) in [6.45, 7) is 1.98. The molecule has 0 saturated heterocycles. The molecule has 0 amide bonds. The van der Waals surface area contributed by atoms with E-state index in [9.17, 15) is 4.39 Å². The first-order chi connectivity index (χ1) is 7.12. The van der Waals surface area contributed by atoms with Gasteiger partial charge in [0.25, 0.3) is 0 Å². The van der Waals surface area contributed by atoms with Gasteiger partial charge >= 0.3 is 0 Å². The zero-order chi connectivity index (χ0) is 10.9. The molecule has 0 radical (unpaired) electrons. The highest BCUT2D eigenvalue weighted by Gasteiger charge is 2.38. The van der Waals surface area contributed by atoms with Crippen LogP contribution in [0.25, 0.3) is 0 Å². The lowest BCUT2D eigenvalue weighted by molar-refractivity contribution is 0.194. The summed E-state index contributed by atoms with van der Waals surface area (Å²) in [5.41, 5.74) is 7.32. The molecule has 1 aliphatic carbocycles. The van der Waals surface area contributed by atoms with E-state index in [-0.39, 0.29) is 0 Å². The predicted molar refractivity (Wildman–Crippen MR) is 60.4 cm³/mol. The average Bonchev–Trinajstić information content (AvgIpc) is 2.65. The summed E-state index contributed by atoms with van der Waals surface area (Å²) in [5.74, 6) is 0. The summed E-state index contributed by atoms with van der Waals surface area (Å²) < 4.78 is 14.3. The highest BCUT2D eigenvalue weighted by Crippen LogP contribution is 2.40. The van der Waals surface area contributed by atoms with E-state index in [1.807, 2.05) is 31.2 Å². The van der Waals surface area contributed by atoms with Crippen LogP contribution < -0.4 is 5.73 Å². The van der Waals surface area contributed by atoms with E-state index in [0.717, 1.165) is 36.8 Å². The molecule has 0 spiro atoms. The van der Waals surface area contributed by atoms with Gasteiger partial charge in [0.1, 0.15) is 6.17 Å². The Kier molecular flexibility index (Phi) is 2.79. The fraction of sp³-hybridized carbons (Fsp3) is 0.538. The Labute approximate surface area is 90.5 Å². The number of nitrogens with two attached hydrogens (primary N) is 1. The summed E-state index contributed by atoms with van der Waals surface area (Å²) in [5, 5.41) is 0. The SMILES string of the molecule is Cc1cccc(C(F)C2(N)CCCC2)c1. The Bertz CT molecular complexity index is 342. The number of hydrogen-bond acceptors (Lipinski definition) is 1. The van der Waals surface area contributed by atoms with Crippen LogP contribution in [0.3, 0.4) is 0 Å². The normalized spacial score (nSPS) is 21.5. The molecule has 2 N–H and O–H groups in total. The quantitative estimate of drug-likeness (QED) is 0.791. The maximum absolute atomic E-state index is 14.3. The Hall–Kier alpha value is -0.890. The molecule has 0 heterocycles. The lowest BCUT2D eigenvalue weighted by Crippen LogP contribution is -2.41. The fourth-order valence-electron chi connectivity index (χ4n) is 2.45. The average molecular weight is 207 g/mol. The standard InChI is InChI=1S/C13H18FN/c1-10-5-4-6-11(9-10)12(14)13(15)7-2-3-8-13/h4-6,9,12H,2-3,7-8,15H2,1H3. The largest absolute Gasteiger partial charge is 0.322 e. The summed E-state index contributed by atoms with van der Waals surface area (Å²) in [7, 11) is 0. The first-order valence-electron chi connectivity index (χ1n) is 5.61. The van der Waals surface area contributed by atoms with Gasteiger partial charge in [-0.05, 0) is 25.3 Å². The third-order valence-electron chi connectivity index (χ3n) is 3.37. The molecule has 1 aromatic rings. The first kappa shape index (κ1) is 10.6. The third-order valence-corrected chi connectivity index (χ3v) is 3.37. The van der Waals surface area contributed by atoms with Crippen molar-refractivity contribution in [2.75, 3.05) is 0 Å². The molecule has 1 saturated carbocycles. The summed E-state index contributed by atoms with van der Waals surface area (Å²) >= 11 is 0. The topological polar surface area (TPSA) is 26.0 Å². The summed E-state index contributed by atoms with van der Waals surface area (Å²) in [6.07, 6.45) is 2.72. The second kappa shape index (κ2) is 3.93. The molecule has 1 unspecified atom stereocenters. The van der Waals surface area contributed by atoms with Crippen molar-refractivity contribution in [1.82, 2.24) is 0 Å². The fourth-order valence-corrected chi connectivity index (χ4v) is 2.45. The van der Waals surface area contributed by atoms with Gasteiger partial charge in [0.2, 0.25) is 0 Å². The molecule has 1 aliphatic rings. The van der Waals surface area contributed by atoms with E-state index >= 15 is 0 Å². The van der Waals surface area contributed by atoms with Gasteiger partial charge in [-0.15, -0.1) is 0 Å². The Morgan fingerprint density at radius 3 is 2.60 bits per heavy atom.